The second-order valence-electron chi connectivity index (χ2n) is 7.70. The molecule has 0 N–H and O–H groups in total. The fourth-order valence-corrected chi connectivity index (χ4v) is 5.39. The van der Waals surface area contributed by atoms with E-state index in [0.29, 0.717) is 0 Å². The molecule has 0 saturated heterocycles. The van der Waals surface area contributed by atoms with E-state index in [9.17, 15) is 0 Å². The Labute approximate surface area is 188 Å². The second kappa shape index (κ2) is 9.46. The molecule has 0 bridgehead atoms. The van der Waals surface area contributed by atoms with Crippen molar-refractivity contribution in [3.8, 4) is 5.69 Å². The first-order valence-corrected chi connectivity index (χ1v) is 12.8. The lowest BCUT2D eigenvalue weighted by Crippen LogP contribution is -2.17. The summed E-state index contributed by atoms with van der Waals surface area (Å²) in [4.78, 5) is 3.71. The van der Waals surface area contributed by atoms with Gasteiger partial charge in [0.1, 0.15) is 0 Å². The van der Waals surface area contributed by atoms with Crippen LogP contribution in [0, 0.1) is 0 Å². The summed E-state index contributed by atoms with van der Waals surface area (Å²) in [6.45, 7) is 6.65. The summed E-state index contributed by atoms with van der Waals surface area (Å²) in [6, 6.07) is 15.3. The number of rotatable bonds is 8. The Hall–Kier alpha value is -0.620. The molecular formula is C23H29NS4. The highest BCUT2D eigenvalue weighted by atomic mass is 32.2. The van der Waals surface area contributed by atoms with Crippen molar-refractivity contribution < 1.29 is 0 Å². The van der Waals surface area contributed by atoms with Crippen molar-refractivity contribution in [3.05, 3.63) is 48.2 Å². The summed E-state index contributed by atoms with van der Waals surface area (Å²) in [5.41, 5.74) is 3.83. The average molecular weight is 448 g/mol. The summed E-state index contributed by atoms with van der Waals surface area (Å²) >= 11 is 13.2. The molecule has 28 heavy (non-hydrogen) atoms. The zero-order chi connectivity index (χ0) is 20.3. The summed E-state index contributed by atoms with van der Waals surface area (Å²) in [6.07, 6.45) is 5.51. The van der Waals surface area contributed by atoms with Crippen molar-refractivity contribution in [1.29, 1.82) is 0 Å². The lowest BCUT2D eigenvalue weighted by molar-refractivity contribution is 0.681. The van der Waals surface area contributed by atoms with Crippen LogP contribution in [0.3, 0.4) is 0 Å². The monoisotopic (exact) mass is 447 g/mol. The maximum atomic E-state index is 4.88. The molecule has 0 amide bonds. The van der Waals surface area contributed by atoms with Crippen molar-refractivity contribution in [1.82, 2.24) is 4.57 Å². The van der Waals surface area contributed by atoms with Gasteiger partial charge in [0.2, 0.25) is 0 Å². The number of hydrogen-bond acceptors (Lipinski definition) is 4. The predicted molar refractivity (Wildman–Crippen MR) is 135 cm³/mol. The van der Waals surface area contributed by atoms with Gasteiger partial charge in [-0.25, -0.2) is 0 Å². The first-order chi connectivity index (χ1) is 13.3. The third-order valence-electron chi connectivity index (χ3n) is 4.67. The third kappa shape index (κ3) is 5.10. The van der Waals surface area contributed by atoms with Crippen LogP contribution in [-0.2, 0) is 6.42 Å². The molecule has 0 radical (unpaired) electrons. The molecule has 0 spiro atoms. The van der Waals surface area contributed by atoms with Gasteiger partial charge in [-0.2, -0.15) is 12.6 Å². The first kappa shape index (κ1) is 22.1. The molecule has 0 aliphatic rings. The smallest absolute Gasteiger partial charge is 0.0543 e. The fraction of sp³-hybridized carbons (Fsp3) is 0.391. The van der Waals surface area contributed by atoms with Gasteiger partial charge in [0, 0.05) is 42.6 Å². The minimum absolute atomic E-state index is 0.0853. The molecule has 1 aromatic heterocycles. The summed E-state index contributed by atoms with van der Waals surface area (Å²) in [5.74, 6) is 1.15. The molecule has 150 valence electrons. The van der Waals surface area contributed by atoms with Gasteiger partial charge in [-0.05, 0) is 60.9 Å². The number of thioether (sulfide) groups is 2. The van der Waals surface area contributed by atoms with Crippen LogP contribution >= 0.6 is 48.8 Å². The van der Waals surface area contributed by atoms with Crippen LogP contribution in [0.15, 0.2) is 57.2 Å². The van der Waals surface area contributed by atoms with E-state index in [-0.39, 0.29) is 4.75 Å². The number of unbranched alkanes of at least 4 members (excludes halogenated alkanes) is 1. The van der Waals surface area contributed by atoms with Gasteiger partial charge in [-0.3, -0.25) is 0 Å². The number of benzene rings is 2. The zero-order valence-corrected chi connectivity index (χ0v) is 20.4. The van der Waals surface area contributed by atoms with Crippen LogP contribution in [0.25, 0.3) is 16.6 Å². The van der Waals surface area contributed by atoms with Crippen LogP contribution in [0.5, 0.6) is 0 Å². The van der Waals surface area contributed by atoms with Gasteiger partial charge in [0.25, 0.3) is 0 Å². The Kier molecular flexibility index (Phi) is 7.46. The standard InChI is InChI=1S/C23H29NS4/c1-5-6-13-28-22-19-14-18(27-4)11-12-20(19)24(21(22)15-23(2,3)26)16-7-9-17(25)10-8-16/h7-12,14,25-26H,5-6,13,15H2,1-4H3. The molecule has 0 atom stereocenters. The van der Waals surface area contributed by atoms with Gasteiger partial charge in [-0.15, -0.1) is 36.2 Å². The van der Waals surface area contributed by atoms with Crippen LogP contribution in [-0.4, -0.2) is 21.3 Å². The third-order valence-corrected chi connectivity index (χ3v) is 7.09. The number of thiol groups is 2. The average Bonchev–Trinajstić information content (AvgIpc) is 2.93. The van der Waals surface area contributed by atoms with Crippen molar-refractivity contribution in [2.75, 3.05) is 12.0 Å². The van der Waals surface area contributed by atoms with Crippen molar-refractivity contribution >= 4 is 59.7 Å². The van der Waals surface area contributed by atoms with Crippen LogP contribution in [0.2, 0.25) is 0 Å². The SMILES string of the molecule is CCCCSc1c(CC(C)(C)S)n(-c2ccc(S)cc2)c2ccc(SC)cc12. The first-order valence-electron chi connectivity index (χ1n) is 9.70. The lowest BCUT2D eigenvalue weighted by Gasteiger charge is -2.21. The van der Waals surface area contributed by atoms with Crippen molar-refractivity contribution in [2.24, 2.45) is 0 Å². The van der Waals surface area contributed by atoms with E-state index in [1.54, 1.807) is 11.8 Å². The quantitative estimate of drug-likeness (QED) is 0.206. The summed E-state index contributed by atoms with van der Waals surface area (Å²) in [5, 5.41) is 1.36. The maximum Gasteiger partial charge on any atom is 0.0543 e. The Morgan fingerprint density at radius 1 is 1.07 bits per heavy atom. The van der Waals surface area contributed by atoms with Gasteiger partial charge in [-0.1, -0.05) is 27.2 Å². The molecule has 5 heteroatoms. The number of fused-ring (bicyclic) bond motifs is 1. The highest BCUT2D eigenvalue weighted by Gasteiger charge is 2.24. The highest BCUT2D eigenvalue weighted by Crippen LogP contribution is 2.40. The summed E-state index contributed by atoms with van der Waals surface area (Å²) in [7, 11) is 0. The van der Waals surface area contributed by atoms with Crippen LogP contribution in [0.1, 0.15) is 39.3 Å². The van der Waals surface area contributed by atoms with E-state index in [1.807, 2.05) is 11.8 Å². The molecule has 3 rings (SSSR count). The van der Waals surface area contributed by atoms with E-state index in [1.165, 1.54) is 44.9 Å². The van der Waals surface area contributed by atoms with Gasteiger partial charge in [0.15, 0.2) is 0 Å². The largest absolute Gasteiger partial charge is 0.312 e. The molecule has 0 fully saturated rings. The van der Waals surface area contributed by atoms with Crippen molar-refractivity contribution in [3.63, 3.8) is 0 Å². The van der Waals surface area contributed by atoms with Gasteiger partial charge < -0.3 is 4.57 Å². The van der Waals surface area contributed by atoms with E-state index in [0.717, 1.165) is 17.1 Å². The minimum Gasteiger partial charge on any atom is -0.312 e. The van der Waals surface area contributed by atoms with E-state index in [2.05, 4.69) is 86.7 Å². The zero-order valence-electron chi connectivity index (χ0n) is 17.0. The van der Waals surface area contributed by atoms with Gasteiger partial charge >= 0.3 is 0 Å². The van der Waals surface area contributed by atoms with Crippen molar-refractivity contribution in [2.45, 2.75) is 59.5 Å². The number of aromatic nitrogens is 1. The number of nitrogens with zero attached hydrogens (tertiary/aromatic N) is 1. The molecule has 0 aliphatic heterocycles. The fourth-order valence-electron chi connectivity index (χ4n) is 3.37. The Balaban J connectivity index is 2.27. The molecule has 0 unspecified atom stereocenters. The molecule has 0 saturated carbocycles. The molecule has 0 aliphatic carbocycles. The second-order valence-corrected chi connectivity index (χ2v) is 11.4. The molecule has 1 heterocycles. The number of hydrogen-bond donors (Lipinski definition) is 2. The van der Waals surface area contributed by atoms with E-state index in [4.69, 9.17) is 12.6 Å². The molecule has 2 aromatic carbocycles. The van der Waals surface area contributed by atoms with Gasteiger partial charge in [0.05, 0.1) is 5.52 Å². The lowest BCUT2D eigenvalue weighted by atomic mass is 10.1. The molecule has 3 aromatic rings. The van der Waals surface area contributed by atoms with E-state index >= 15 is 0 Å². The van der Waals surface area contributed by atoms with Crippen LogP contribution in [0.4, 0.5) is 0 Å². The topological polar surface area (TPSA) is 4.93 Å². The molecular weight excluding hydrogens is 419 g/mol. The summed E-state index contributed by atoms with van der Waals surface area (Å²) < 4.78 is 2.34. The highest BCUT2D eigenvalue weighted by molar-refractivity contribution is 7.99. The maximum absolute atomic E-state index is 4.88. The normalized spacial score (nSPS) is 12.1. The van der Waals surface area contributed by atoms with E-state index < -0.39 is 0 Å². The Bertz CT molecular complexity index is 936. The Morgan fingerprint density at radius 2 is 1.79 bits per heavy atom. The predicted octanol–water partition coefficient (Wildman–Crippen LogP) is 7.78. The molecule has 1 nitrogen and oxygen atoms in total. The van der Waals surface area contributed by atoms with Crippen LogP contribution < -0.4 is 0 Å². The Morgan fingerprint density at radius 3 is 2.39 bits per heavy atom. The minimum atomic E-state index is -0.0853.